The van der Waals surface area contributed by atoms with Gasteiger partial charge in [0.05, 0.1) is 6.61 Å². The summed E-state index contributed by atoms with van der Waals surface area (Å²) in [5.74, 6) is 0.922. The maximum Gasteiger partial charge on any atom is 0.166 e. The van der Waals surface area contributed by atoms with Gasteiger partial charge in [-0.15, -0.1) is 0 Å². The molecule has 0 saturated heterocycles. The van der Waals surface area contributed by atoms with Crippen molar-refractivity contribution in [3.05, 3.63) is 53.6 Å². The van der Waals surface area contributed by atoms with Crippen LogP contribution < -0.4 is 4.74 Å². The van der Waals surface area contributed by atoms with E-state index in [9.17, 15) is 0 Å². The minimum absolute atomic E-state index is 0.329. The number of halogens is 2. The van der Waals surface area contributed by atoms with E-state index in [2.05, 4.69) is 13.8 Å². The average Bonchev–Trinajstić information content (AvgIpc) is 2.98. The van der Waals surface area contributed by atoms with Gasteiger partial charge in [0, 0.05) is 5.56 Å². The lowest BCUT2D eigenvalue weighted by Gasteiger charge is -2.28. The first-order valence-electron chi connectivity index (χ1n) is 16.8. The van der Waals surface area contributed by atoms with Crippen LogP contribution in [0.2, 0.25) is 0 Å². The zero-order valence-corrected chi connectivity index (χ0v) is 25.6. The Hall–Kier alpha value is -1.90. The van der Waals surface area contributed by atoms with Crippen LogP contribution in [0.3, 0.4) is 0 Å². The van der Waals surface area contributed by atoms with E-state index in [1.165, 1.54) is 109 Å². The van der Waals surface area contributed by atoms with Gasteiger partial charge in [-0.3, -0.25) is 0 Å². The molecule has 1 fully saturated rings. The molecular formula is C37H56F2O. The second kappa shape index (κ2) is 19.3. The normalized spacial score (nSPS) is 17.3. The largest absolute Gasteiger partial charge is 0.494 e. The molecule has 1 aliphatic rings. The highest BCUT2D eigenvalue weighted by Crippen LogP contribution is 2.35. The van der Waals surface area contributed by atoms with Crippen molar-refractivity contribution in [2.75, 3.05) is 6.61 Å². The molecule has 3 heteroatoms. The molecule has 1 saturated carbocycles. The van der Waals surface area contributed by atoms with E-state index in [0.717, 1.165) is 24.5 Å². The standard InChI is InChI=1S/C37H56F2O/c1-3-5-7-8-9-10-11-12-13-15-29-40-34-26-23-32(24-27-34)35-28-25-33(36(38)37(35)39)22-21-31-19-17-30(18-20-31)16-14-6-4-2/h23-28,30-31H,3-22,29H2,1-2H3. The molecule has 0 aliphatic heterocycles. The van der Waals surface area contributed by atoms with E-state index in [-0.39, 0.29) is 0 Å². The van der Waals surface area contributed by atoms with Gasteiger partial charge in [-0.25, -0.2) is 8.78 Å². The van der Waals surface area contributed by atoms with Crippen molar-refractivity contribution < 1.29 is 13.5 Å². The third-order valence-electron chi connectivity index (χ3n) is 9.10. The van der Waals surface area contributed by atoms with Gasteiger partial charge >= 0.3 is 0 Å². The summed E-state index contributed by atoms with van der Waals surface area (Å²) in [5.41, 5.74) is 1.54. The molecule has 0 radical (unpaired) electrons. The van der Waals surface area contributed by atoms with Gasteiger partial charge in [0.2, 0.25) is 0 Å². The number of hydrogen-bond acceptors (Lipinski definition) is 1. The molecule has 0 amide bonds. The first-order chi connectivity index (χ1) is 19.6. The van der Waals surface area contributed by atoms with Crippen molar-refractivity contribution in [1.29, 1.82) is 0 Å². The van der Waals surface area contributed by atoms with Gasteiger partial charge in [-0.2, -0.15) is 0 Å². The van der Waals surface area contributed by atoms with Crippen molar-refractivity contribution in [3.8, 4) is 16.9 Å². The quantitative estimate of drug-likeness (QED) is 0.148. The molecule has 2 aromatic carbocycles. The molecule has 0 heterocycles. The van der Waals surface area contributed by atoms with Crippen LogP contribution in [-0.4, -0.2) is 6.61 Å². The first-order valence-corrected chi connectivity index (χ1v) is 16.8. The van der Waals surface area contributed by atoms with Crippen LogP contribution in [-0.2, 0) is 6.42 Å². The Labute approximate surface area is 244 Å². The van der Waals surface area contributed by atoms with Crippen molar-refractivity contribution in [2.24, 2.45) is 11.8 Å². The molecule has 2 aromatic rings. The molecule has 0 spiro atoms. The Kier molecular flexibility index (Phi) is 15.7. The molecule has 224 valence electrons. The van der Waals surface area contributed by atoms with Crippen molar-refractivity contribution in [3.63, 3.8) is 0 Å². The van der Waals surface area contributed by atoms with Crippen LogP contribution >= 0.6 is 0 Å². The highest BCUT2D eigenvalue weighted by atomic mass is 19.2. The van der Waals surface area contributed by atoms with Gasteiger partial charge in [-0.05, 0) is 54.4 Å². The molecule has 0 bridgehead atoms. The van der Waals surface area contributed by atoms with Crippen LogP contribution in [0.4, 0.5) is 8.78 Å². The molecule has 40 heavy (non-hydrogen) atoms. The molecule has 3 rings (SSSR count). The minimum atomic E-state index is -0.726. The maximum absolute atomic E-state index is 15.1. The fourth-order valence-electron chi connectivity index (χ4n) is 6.37. The fraction of sp³-hybridized carbons (Fsp3) is 0.676. The molecular weight excluding hydrogens is 498 g/mol. The van der Waals surface area contributed by atoms with Crippen molar-refractivity contribution in [2.45, 2.75) is 142 Å². The molecule has 0 aromatic heterocycles. The second-order valence-electron chi connectivity index (χ2n) is 12.4. The van der Waals surface area contributed by atoms with Crippen LogP contribution in [0.1, 0.15) is 141 Å². The summed E-state index contributed by atoms with van der Waals surface area (Å²) in [4.78, 5) is 0. The van der Waals surface area contributed by atoms with E-state index in [1.807, 2.05) is 24.3 Å². The fourth-order valence-corrected chi connectivity index (χ4v) is 6.37. The van der Waals surface area contributed by atoms with Gasteiger partial charge in [0.1, 0.15) is 5.75 Å². The molecule has 0 atom stereocenters. The van der Waals surface area contributed by atoms with Crippen LogP contribution in [0, 0.1) is 23.5 Å². The number of benzene rings is 2. The minimum Gasteiger partial charge on any atom is -0.494 e. The highest BCUT2D eigenvalue weighted by molar-refractivity contribution is 5.65. The van der Waals surface area contributed by atoms with Gasteiger partial charge in [0.25, 0.3) is 0 Å². The lowest BCUT2D eigenvalue weighted by Crippen LogP contribution is -2.15. The van der Waals surface area contributed by atoms with E-state index < -0.39 is 11.6 Å². The van der Waals surface area contributed by atoms with Crippen molar-refractivity contribution in [1.82, 2.24) is 0 Å². The topological polar surface area (TPSA) is 9.23 Å². The Morgan fingerprint density at radius 2 is 1.15 bits per heavy atom. The Bertz CT molecular complexity index is 930. The number of hydrogen-bond donors (Lipinski definition) is 0. The summed E-state index contributed by atoms with van der Waals surface area (Å²) in [5, 5.41) is 0. The number of unbranched alkanes of at least 4 members (excludes halogenated alkanes) is 11. The SMILES string of the molecule is CCCCCCCCCCCCOc1ccc(-c2ccc(CCC3CCC(CCCCC)CC3)c(F)c2F)cc1. The predicted molar refractivity (Wildman–Crippen MR) is 167 cm³/mol. The van der Waals surface area contributed by atoms with Gasteiger partial charge < -0.3 is 4.74 Å². The highest BCUT2D eigenvalue weighted by Gasteiger charge is 2.22. The molecule has 1 aliphatic carbocycles. The zero-order valence-electron chi connectivity index (χ0n) is 25.6. The predicted octanol–water partition coefficient (Wildman–Crippen LogP) is 12.3. The summed E-state index contributed by atoms with van der Waals surface area (Å²) >= 11 is 0. The van der Waals surface area contributed by atoms with E-state index in [4.69, 9.17) is 4.74 Å². The van der Waals surface area contributed by atoms with Crippen molar-refractivity contribution >= 4 is 0 Å². The third kappa shape index (κ3) is 11.5. The third-order valence-corrected chi connectivity index (χ3v) is 9.10. The Morgan fingerprint density at radius 3 is 1.77 bits per heavy atom. The zero-order chi connectivity index (χ0) is 28.4. The van der Waals surface area contributed by atoms with E-state index in [1.54, 1.807) is 12.1 Å². The van der Waals surface area contributed by atoms with Crippen LogP contribution in [0.15, 0.2) is 36.4 Å². The van der Waals surface area contributed by atoms with Gasteiger partial charge in [0.15, 0.2) is 11.6 Å². The maximum atomic E-state index is 15.1. The van der Waals surface area contributed by atoms with Gasteiger partial charge in [-0.1, -0.05) is 147 Å². The average molecular weight is 555 g/mol. The second-order valence-corrected chi connectivity index (χ2v) is 12.4. The smallest absolute Gasteiger partial charge is 0.166 e. The monoisotopic (exact) mass is 554 g/mol. The molecule has 0 N–H and O–H groups in total. The first kappa shape index (κ1) is 32.6. The lowest BCUT2D eigenvalue weighted by molar-refractivity contribution is 0.248. The van der Waals surface area contributed by atoms with E-state index in [0.29, 0.717) is 35.6 Å². The Balaban J connectivity index is 1.36. The van der Waals surface area contributed by atoms with Crippen LogP contribution in [0.5, 0.6) is 5.75 Å². The molecule has 1 nitrogen and oxygen atoms in total. The van der Waals surface area contributed by atoms with Crippen LogP contribution in [0.25, 0.3) is 11.1 Å². The number of ether oxygens (including phenoxy) is 1. The summed E-state index contributed by atoms with van der Waals surface area (Å²) in [6.07, 6.45) is 25.1. The summed E-state index contributed by atoms with van der Waals surface area (Å²) < 4.78 is 36.0. The number of rotatable bonds is 20. The summed E-state index contributed by atoms with van der Waals surface area (Å²) in [6.45, 7) is 5.22. The number of aryl methyl sites for hydroxylation is 1. The van der Waals surface area contributed by atoms with E-state index >= 15 is 8.78 Å². The molecule has 0 unspecified atom stereocenters. The summed E-state index contributed by atoms with van der Waals surface area (Å²) in [7, 11) is 0. The lowest BCUT2D eigenvalue weighted by atomic mass is 9.77. The Morgan fingerprint density at radius 1 is 0.600 bits per heavy atom. The summed E-state index contributed by atoms with van der Waals surface area (Å²) in [6, 6.07) is 11.0.